The summed E-state index contributed by atoms with van der Waals surface area (Å²) in [5.41, 5.74) is 5.64. The molecule has 0 aliphatic carbocycles. The maximum atomic E-state index is 2.66. The predicted molar refractivity (Wildman–Crippen MR) is 217 cm³/mol. The van der Waals surface area contributed by atoms with Gasteiger partial charge in [0.1, 0.15) is 0 Å². The maximum absolute atomic E-state index is 2.66. The van der Waals surface area contributed by atoms with Crippen molar-refractivity contribution >= 4 is 94.7 Å². The molecule has 6 heteroatoms. The van der Waals surface area contributed by atoms with Gasteiger partial charge in [0.2, 0.25) is 0 Å². The zero-order valence-corrected chi connectivity index (χ0v) is 34.4. The normalized spacial score (nSPS) is 18.4. The van der Waals surface area contributed by atoms with Crippen molar-refractivity contribution in [2.45, 2.75) is 93.2 Å². The van der Waals surface area contributed by atoms with Crippen LogP contribution in [0.15, 0.2) is 72.8 Å². The zero-order valence-electron chi connectivity index (χ0n) is 30.4. The molecule has 0 fully saturated rings. The number of aromatic nitrogens is 2. The lowest BCUT2D eigenvalue weighted by atomic mass is 10.1. The third-order valence-electron chi connectivity index (χ3n) is 12.8. The third-order valence-corrected chi connectivity index (χ3v) is 48.3. The third kappa shape index (κ3) is 4.42. The van der Waals surface area contributed by atoms with Crippen molar-refractivity contribution in [3.05, 3.63) is 72.8 Å². The van der Waals surface area contributed by atoms with Gasteiger partial charge in [-0.15, -0.1) is 0 Å². The topological polar surface area (TPSA) is 9.86 Å². The van der Waals surface area contributed by atoms with Gasteiger partial charge < -0.3 is 9.13 Å². The van der Waals surface area contributed by atoms with Crippen LogP contribution in [0.1, 0.15) is 27.7 Å². The Balaban J connectivity index is 1.61. The summed E-state index contributed by atoms with van der Waals surface area (Å²) < 4.78 is 5.24. The Morgan fingerprint density at radius 1 is 0.391 bits per heavy atom. The van der Waals surface area contributed by atoms with Gasteiger partial charge in [-0.25, -0.2) is 0 Å². The van der Waals surface area contributed by atoms with Gasteiger partial charge in [0.25, 0.3) is 0 Å². The van der Waals surface area contributed by atoms with Crippen LogP contribution in [0.25, 0.3) is 43.6 Å². The van der Waals surface area contributed by atoms with E-state index in [0.717, 1.165) is 13.1 Å². The Bertz CT molecular complexity index is 1880. The van der Waals surface area contributed by atoms with Crippen LogP contribution < -0.4 is 20.7 Å². The first kappa shape index (κ1) is 31.9. The van der Waals surface area contributed by atoms with Crippen molar-refractivity contribution in [3.63, 3.8) is 0 Å². The van der Waals surface area contributed by atoms with Crippen molar-refractivity contribution in [2.75, 3.05) is 0 Å². The molecule has 6 aromatic rings. The number of rotatable bonds is 4. The van der Waals surface area contributed by atoms with E-state index in [1.54, 1.807) is 20.7 Å². The van der Waals surface area contributed by atoms with Crippen LogP contribution in [0.3, 0.4) is 0 Å². The second kappa shape index (κ2) is 10.4. The van der Waals surface area contributed by atoms with Crippen LogP contribution in [-0.2, 0) is 13.1 Å². The molecule has 0 amide bonds. The molecule has 0 spiro atoms. The Kier molecular flexibility index (Phi) is 7.23. The Labute approximate surface area is 280 Å². The van der Waals surface area contributed by atoms with E-state index in [-0.39, 0.29) is 0 Å². The van der Waals surface area contributed by atoms with E-state index in [4.69, 9.17) is 0 Å². The summed E-state index contributed by atoms with van der Waals surface area (Å²) in [7, 11) is -7.49. The minimum atomic E-state index is -1.87. The maximum Gasteiger partial charge on any atom is 0.0791 e. The van der Waals surface area contributed by atoms with Crippen molar-refractivity contribution in [2.24, 2.45) is 11.8 Å². The van der Waals surface area contributed by atoms with Crippen LogP contribution in [0.5, 0.6) is 0 Å². The van der Waals surface area contributed by atoms with E-state index < -0.39 is 30.4 Å². The van der Waals surface area contributed by atoms with Crippen molar-refractivity contribution < 1.29 is 0 Å². The van der Waals surface area contributed by atoms with Crippen molar-refractivity contribution in [3.8, 4) is 0 Å². The Morgan fingerprint density at radius 2 is 0.609 bits per heavy atom. The quantitative estimate of drug-likeness (QED) is 0.166. The number of benzene rings is 4. The monoisotopic (exact) mass is 674 g/mol. The molecular formula is C40H54N2Si4. The highest BCUT2D eigenvalue weighted by molar-refractivity contribution is 7.50. The summed E-state index contributed by atoms with van der Waals surface area (Å²) >= 11 is 0. The predicted octanol–water partition coefficient (Wildman–Crippen LogP) is 8.75. The first-order valence-electron chi connectivity index (χ1n) is 17.6. The highest BCUT2D eigenvalue weighted by Gasteiger charge is 2.46. The lowest BCUT2D eigenvalue weighted by molar-refractivity contribution is 0.545. The average Bonchev–Trinajstić information content (AvgIpc) is 3.46. The molecule has 0 saturated carbocycles. The highest BCUT2D eigenvalue weighted by Crippen LogP contribution is 2.35. The van der Waals surface area contributed by atoms with Gasteiger partial charge in [-0.05, 0) is 36.1 Å². The molecule has 0 unspecified atom stereocenters. The summed E-state index contributed by atoms with van der Waals surface area (Å²) in [6.07, 6.45) is 0. The standard InChI is InChI=1S/C40H54N2Si4/c1-27(2)25-41-37-17-13-29-21-33(37)34-22-30(14-18-38(34)41)44(7,8)46(11,12)32-16-20-40-36(24-32)35-23-31(45(9,10)43(29,5)6)15-19-39(35)42(40)26-28(3)4/h13-24,27-28H,25-26H2,1-12H3. The molecule has 8 bridgehead atoms. The largest absolute Gasteiger partial charge is 0.340 e. The molecule has 0 atom stereocenters. The molecule has 3 heterocycles. The van der Waals surface area contributed by atoms with Gasteiger partial charge in [-0.3, -0.25) is 0 Å². The minimum absolute atomic E-state index is 0.596. The molecule has 0 saturated heterocycles. The molecular weight excluding hydrogens is 621 g/mol. The lowest BCUT2D eigenvalue weighted by Crippen LogP contribution is -2.69. The van der Waals surface area contributed by atoms with Crippen molar-refractivity contribution in [1.29, 1.82) is 0 Å². The van der Waals surface area contributed by atoms with E-state index in [1.807, 2.05) is 0 Å². The Morgan fingerprint density at radius 3 is 0.804 bits per heavy atom. The van der Waals surface area contributed by atoms with E-state index in [2.05, 4.69) is 162 Å². The van der Waals surface area contributed by atoms with E-state index >= 15 is 0 Å². The van der Waals surface area contributed by atoms with Gasteiger partial charge in [-0.1, -0.05) is 149 Å². The first-order chi connectivity index (χ1) is 21.5. The van der Waals surface area contributed by atoms with Gasteiger partial charge in [0.15, 0.2) is 0 Å². The summed E-state index contributed by atoms with van der Waals surface area (Å²) in [6, 6.07) is 30.7. The second-order valence-electron chi connectivity index (χ2n) is 17.4. The molecule has 0 N–H and O–H groups in total. The molecule has 1 aliphatic heterocycles. The van der Waals surface area contributed by atoms with Crippen LogP contribution in [0, 0.1) is 11.8 Å². The Hall–Kier alpha value is -2.65. The fourth-order valence-electron chi connectivity index (χ4n) is 8.33. The summed E-state index contributed by atoms with van der Waals surface area (Å²) in [5.74, 6) is 1.19. The van der Waals surface area contributed by atoms with Gasteiger partial charge in [0.05, 0.1) is 30.4 Å². The van der Waals surface area contributed by atoms with Crippen molar-refractivity contribution in [1.82, 2.24) is 9.13 Å². The van der Waals surface area contributed by atoms with Crippen LogP contribution in [0.2, 0.25) is 52.4 Å². The molecule has 2 aromatic heterocycles. The van der Waals surface area contributed by atoms with Gasteiger partial charge in [0, 0.05) is 56.7 Å². The molecule has 46 heavy (non-hydrogen) atoms. The number of hydrogen-bond acceptors (Lipinski definition) is 0. The summed E-state index contributed by atoms with van der Waals surface area (Å²) in [6.45, 7) is 32.8. The molecule has 1 aliphatic rings. The summed E-state index contributed by atoms with van der Waals surface area (Å²) in [5, 5.41) is 12.4. The first-order valence-corrected chi connectivity index (χ1v) is 31.6. The van der Waals surface area contributed by atoms with Crippen LogP contribution >= 0.6 is 0 Å². The van der Waals surface area contributed by atoms with Gasteiger partial charge in [-0.2, -0.15) is 0 Å². The van der Waals surface area contributed by atoms with Gasteiger partial charge >= 0.3 is 0 Å². The second-order valence-corrected chi connectivity index (χ2v) is 47.7. The fraction of sp³-hybridized carbons (Fsp3) is 0.400. The number of nitrogens with zero attached hydrogens (tertiary/aromatic N) is 2. The lowest BCUT2D eigenvalue weighted by Gasteiger charge is -2.40. The molecule has 7 rings (SSSR count). The van der Waals surface area contributed by atoms with Crippen LogP contribution in [0.4, 0.5) is 0 Å². The smallest absolute Gasteiger partial charge is 0.0791 e. The fourth-order valence-corrected chi connectivity index (χ4v) is 25.8. The summed E-state index contributed by atoms with van der Waals surface area (Å²) in [4.78, 5) is 0. The highest BCUT2D eigenvalue weighted by atomic mass is 29.3. The number of fused-ring (bicyclic) bond motifs is 4. The minimum Gasteiger partial charge on any atom is -0.340 e. The average molecular weight is 675 g/mol. The van der Waals surface area contributed by atoms with Crippen LogP contribution in [-0.4, -0.2) is 39.5 Å². The van der Waals surface area contributed by atoms with E-state index in [0.29, 0.717) is 11.8 Å². The zero-order chi connectivity index (χ0) is 33.1. The van der Waals surface area contributed by atoms with E-state index in [9.17, 15) is 0 Å². The molecule has 240 valence electrons. The molecule has 0 radical (unpaired) electrons. The molecule has 2 nitrogen and oxygen atoms in total. The SMILES string of the molecule is CC(C)Cn1c2ccc3cc2c2cc(ccc21)[Si](C)(C)[Si](C)(C)c1ccc2c(c1)c1cc(ccc1n2CC(C)C)[Si](C)(C)[Si]3(C)C. The molecule has 4 aromatic carbocycles. The number of hydrogen-bond donors (Lipinski definition) is 0. The van der Waals surface area contributed by atoms with E-state index in [1.165, 1.54) is 43.6 Å².